The molecule has 0 saturated carbocycles. The van der Waals surface area contributed by atoms with Crippen LogP contribution in [0.15, 0.2) is 16.6 Å². The largest absolute Gasteiger partial charge is 0.356 e. The van der Waals surface area contributed by atoms with Crippen LogP contribution in [-0.2, 0) is 9.47 Å². The third-order valence-corrected chi connectivity index (χ3v) is 2.72. The Labute approximate surface area is 117 Å². The Balaban J connectivity index is 2.50. The van der Waals surface area contributed by atoms with Crippen molar-refractivity contribution in [3.63, 3.8) is 0 Å². The molecule has 0 spiro atoms. The van der Waals surface area contributed by atoms with Gasteiger partial charge < -0.3 is 9.47 Å². The first-order chi connectivity index (χ1) is 8.65. The van der Waals surface area contributed by atoms with Crippen molar-refractivity contribution in [1.29, 1.82) is 0 Å². The number of hydrogen-bond donors (Lipinski definition) is 0. The first-order valence-electron chi connectivity index (χ1n) is 5.93. The smallest absolute Gasteiger partial charge is 0.158 e. The maximum Gasteiger partial charge on any atom is 0.158 e. The Morgan fingerprint density at radius 1 is 1.44 bits per heavy atom. The lowest BCUT2D eigenvalue weighted by Crippen LogP contribution is -2.14. The summed E-state index contributed by atoms with van der Waals surface area (Å²) in [6.45, 7) is 4.38. The Hall–Kier alpha value is -0.890. The predicted molar refractivity (Wildman–Crippen MR) is 75.2 cm³/mol. The summed E-state index contributed by atoms with van der Waals surface area (Å²) in [5.41, 5.74) is 1.69. The van der Waals surface area contributed by atoms with Crippen LogP contribution < -0.4 is 0 Å². The molecule has 4 heteroatoms. The lowest BCUT2D eigenvalue weighted by Gasteiger charge is -2.12. The average Bonchev–Trinajstić information content (AvgIpc) is 2.32. The Bertz CT molecular complexity index is 417. The highest BCUT2D eigenvalue weighted by molar-refractivity contribution is 9.10. The Morgan fingerprint density at radius 3 is 2.83 bits per heavy atom. The lowest BCUT2D eigenvalue weighted by molar-refractivity contribution is -0.117. The average molecular weight is 312 g/mol. The summed E-state index contributed by atoms with van der Waals surface area (Å²) in [4.78, 5) is 4.32. The van der Waals surface area contributed by atoms with Crippen molar-refractivity contribution in [2.75, 3.05) is 13.7 Å². The molecule has 0 bridgehead atoms. The van der Waals surface area contributed by atoms with E-state index in [-0.39, 0.29) is 6.29 Å². The first kappa shape index (κ1) is 15.2. The molecule has 0 aliphatic heterocycles. The molecule has 1 aromatic heterocycles. The van der Waals surface area contributed by atoms with Gasteiger partial charge in [0.2, 0.25) is 0 Å². The highest BCUT2D eigenvalue weighted by atomic mass is 79.9. The van der Waals surface area contributed by atoms with Crippen LogP contribution in [0.1, 0.15) is 31.2 Å². The molecule has 0 aliphatic carbocycles. The van der Waals surface area contributed by atoms with Crippen molar-refractivity contribution in [2.45, 2.75) is 33.0 Å². The molecule has 0 amide bonds. The van der Waals surface area contributed by atoms with Gasteiger partial charge in [0.15, 0.2) is 6.29 Å². The minimum absolute atomic E-state index is 0.165. The first-order valence-corrected chi connectivity index (χ1v) is 6.72. The molecule has 0 saturated heterocycles. The van der Waals surface area contributed by atoms with Crippen LogP contribution in [0, 0.1) is 18.8 Å². The van der Waals surface area contributed by atoms with E-state index in [0.717, 1.165) is 28.7 Å². The summed E-state index contributed by atoms with van der Waals surface area (Å²) < 4.78 is 11.6. The van der Waals surface area contributed by atoms with Crippen molar-refractivity contribution < 1.29 is 9.47 Å². The van der Waals surface area contributed by atoms with E-state index in [9.17, 15) is 0 Å². The molecule has 0 radical (unpaired) electrons. The van der Waals surface area contributed by atoms with Crippen LogP contribution in [0.25, 0.3) is 0 Å². The van der Waals surface area contributed by atoms with E-state index in [2.05, 4.69) is 39.7 Å². The number of halogens is 1. The second kappa shape index (κ2) is 8.25. The number of hydrogen-bond acceptors (Lipinski definition) is 3. The van der Waals surface area contributed by atoms with Crippen molar-refractivity contribution in [2.24, 2.45) is 0 Å². The summed E-state index contributed by atoms with van der Waals surface area (Å²) in [5.74, 6) is 5.92. The lowest BCUT2D eigenvalue weighted by atomic mass is 10.3. The summed E-state index contributed by atoms with van der Waals surface area (Å²) in [6.07, 6.45) is 1.74. The molecule has 0 aliphatic rings. The van der Waals surface area contributed by atoms with E-state index in [1.165, 1.54) is 0 Å². The minimum atomic E-state index is -0.165. The number of ether oxygens (including phenoxy) is 2. The maximum absolute atomic E-state index is 5.48. The highest BCUT2D eigenvalue weighted by Gasteiger charge is 2.03. The van der Waals surface area contributed by atoms with Gasteiger partial charge in [-0.3, -0.25) is 0 Å². The van der Waals surface area contributed by atoms with Crippen molar-refractivity contribution in [1.82, 2.24) is 4.98 Å². The Kier molecular flexibility index (Phi) is 6.96. The van der Waals surface area contributed by atoms with Gasteiger partial charge in [0.25, 0.3) is 0 Å². The summed E-state index contributed by atoms with van der Waals surface area (Å²) in [7, 11) is 1.65. The predicted octanol–water partition coefficient (Wildman–Crippen LogP) is 3.29. The molecule has 1 aromatic rings. The number of aryl methyl sites for hydroxylation is 1. The van der Waals surface area contributed by atoms with Crippen molar-refractivity contribution in [3.05, 3.63) is 28.0 Å². The third-order valence-electron chi connectivity index (χ3n) is 2.26. The summed E-state index contributed by atoms with van der Waals surface area (Å²) >= 11 is 3.42. The van der Waals surface area contributed by atoms with Gasteiger partial charge in [0.05, 0.1) is 0 Å². The van der Waals surface area contributed by atoms with E-state index >= 15 is 0 Å². The molecule has 0 N–H and O–H groups in total. The van der Waals surface area contributed by atoms with E-state index in [0.29, 0.717) is 6.61 Å². The van der Waals surface area contributed by atoms with Crippen LogP contribution in [0.5, 0.6) is 0 Å². The van der Waals surface area contributed by atoms with Gasteiger partial charge in [-0.05, 0) is 31.4 Å². The maximum atomic E-state index is 5.48. The molecule has 3 nitrogen and oxygen atoms in total. The zero-order valence-electron chi connectivity index (χ0n) is 11.0. The standard InChI is InChI=1S/C14H18BrNO2/c1-4-6-14(17-3)18-8-5-7-13-10-12(15)9-11(2)16-13/h9-10,14H,4,6,8H2,1-3H3. The molecule has 1 rings (SSSR count). The van der Waals surface area contributed by atoms with E-state index in [1.54, 1.807) is 7.11 Å². The van der Waals surface area contributed by atoms with Crippen molar-refractivity contribution in [3.8, 4) is 11.8 Å². The molecule has 1 unspecified atom stereocenters. The van der Waals surface area contributed by atoms with Crippen molar-refractivity contribution >= 4 is 15.9 Å². The van der Waals surface area contributed by atoms with E-state index in [1.807, 2.05) is 19.1 Å². The SMILES string of the molecule is CCCC(OC)OCC#Cc1cc(Br)cc(C)n1. The fraction of sp³-hybridized carbons (Fsp3) is 0.500. The van der Waals surface area contributed by atoms with Gasteiger partial charge in [-0.15, -0.1) is 0 Å². The molecule has 0 aromatic carbocycles. The molecular formula is C14H18BrNO2. The number of rotatable bonds is 5. The molecular weight excluding hydrogens is 294 g/mol. The van der Waals surface area contributed by atoms with Gasteiger partial charge in [-0.2, -0.15) is 0 Å². The number of pyridine rings is 1. The summed E-state index contributed by atoms with van der Waals surface area (Å²) in [5, 5.41) is 0. The number of methoxy groups -OCH3 is 1. The van der Waals surface area contributed by atoms with E-state index in [4.69, 9.17) is 9.47 Å². The number of nitrogens with zero attached hydrogens (tertiary/aromatic N) is 1. The fourth-order valence-electron chi connectivity index (χ4n) is 1.46. The molecule has 18 heavy (non-hydrogen) atoms. The second-order valence-corrected chi connectivity index (χ2v) is 4.79. The quantitative estimate of drug-likeness (QED) is 0.617. The van der Waals surface area contributed by atoms with Gasteiger partial charge in [0, 0.05) is 17.3 Å². The van der Waals surface area contributed by atoms with Gasteiger partial charge in [0.1, 0.15) is 12.3 Å². The van der Waals surface area contributed by atoms with Crippen LogP contribution in [0.4, 0.5) is 0 Å². The monoisotopic (exact) mass is 311 g/mol. The topological polar surface area (TPSA) is 31.4 Å². The highest BCUT2D eigenvalue weighted by Crippen LogP contribution is 2.11. The molecule has 1 heterocycles. The zero-order chi connectivity index (χ0) is 13.4. The van der Waals surface area contributed by atoms with Gasteiger partial charge in [-0.1, -0.05) is 35.2 Å². The fourth-order valence-corrected chi connectivity index (χ4v) is 2.00. The summed E-state index contributed by atoms with van der Waals surface area (Å²) in [6, 6.07) is 3.84. The van der Waals surface area contributed by atoms with Crippen LogP contribution in [-0.4, -0.2) is 25.0 Å². The Morgan fingerprint density at radius 2 is 2.22 bits per heavy atom. The molecule has 1 atom stereocenters. The molecule has 0 fully saturated rings. The van der Waals surface area contributed by atoms with Crippen LogP contribution in [0.3, 0.4) is 0 Å². The van der Waals surface area contributed by atoms with E-state index < -0.39 is 0 Å². The normalized spacial score (nSPS) is 11.8. The zero-order valence-corrected chi connectivity index (χ0v) is 12.6. The van der Waals surface area contributed by atoms with Crippen LogP contribution >= 0.6 is 15.9 Å². The van der Waals surface area contributed by atoms with Crippen LogP contribution in [0.2, 0.25) is 0 Å². The van der Waals surface area contributed by atoms with Gasteiger partial charge in [-0.25, -0.2) is 4.98 Å². The molecule has 98 valence electrons. The number of aromatic nitrogens is 1. The van der Waals surface area contributed by atoms with Gasteiger partial charge >= 0.3 is 0 Å². The third kappa shape index (κ3) is 5.63. The minimum Gasteiger partial charge on any atom is -0.356 e. The second-order valence-electron chi connectivity index (χ2n) is 3.88.